The number of hydrogen-bond acceptors (Lipinski definition) is 6. The van der Waals surface area contributed by atoms with E-state index < -0.39 is 0 Å². The van der Waals surface area contributed by atoms with E-state index in [0.717, 1.165) is 62.6 Å². The third-order valence-corrected chi connectivity index (χ3v) is 7.40. The zero-order valence-corrected chi connectivity index (χ0v) is 19.9. The van der Waals surface area contributed by atoms with Gasteiger partial charge in [0.2, 0.25) is 5.91 Å². The fourth-order valence-corrected chi connectivity index (χ4v) is 5.41. The molecule has 0 radical (unpaired) electrons. The number of thioether (sulfide) groups is 1. The average Bonchev–Trinajstić information content (AvgIpc) is 3.20. The van der Waals surface area contributed by atoms with E-state index in [1.165, 1.54) is 0 Å². The van der Waals surface area contributed by atoms with Crippen molar-refractivity contribution in [2.45, 2.75) is 18.4 Å². The quantitative estimate of drug-likeness (QED) is 0.577. The topological polar surface area (TPSA) is 45.2 Å². The van der Waals surface area contributed by atoms with E-state index in [1.54, 1.807) is 18.9 Å². The lowest BCUT2D eigenvalue weighted by Crippen LogP contribution is -2.45. The first kappa shape index (κ1) is 23.0. The molecular formula is C25H33N3O3S. The first-order valence-corrected chi connectivity index (χ1v) is 12.4. The molecular weight excluding hydrogens is 422 g/mol. The molecule has 0 N–H and O–H groups in total. The molecule has 1 unspecified atom stereocenters. The van der Waals surface area contributed by atoms with Crippen LogP contribution >= 0.6 is 11.8 Å². The van der Waals surface area contributed by atoms with Crippen LogP contribution in [0.1, 0.15) is 22.9 Å². The Labute approximate surface area is 195 Å². The Bertz CT molecular complexity index is 887. The summed E-state index contributed by atoms with van der Waals surface area (Å²) in [5, 5.41) is 0.0343. The monoisotopic (exact) mass is 455 g/mol. The SMILES string of the molecule is COc1cc(C2SCC(=O)N2CCCN2CCN(C)CC2)ccc1OCc1ccccc1. The Hall–Kier alpha value is -2.22. The number of likely N-dealkylation sites (N-methyl/N-ethyl adjacent to an activating group) is 1. The van der Waals surface area contributed by atoms with Crippen LogP contribution in [0.15, 0.2) is 48.5 Å². The van der Waals surface area contributed by atoms with E-state index in [4.69, 9.17) is 9.47 Å². The predicted molar refractivity (Wildman–Crippen MR) is 129 cm³/mol. The second-order valence-electron chi connectivity index (χ2n) is 8.43. The maximum Gasteiger partial charge on any atom is 0.233 e. The molecule has 0 saturated carbocycles. The zero-order chi connectivity index (χ0) is 22.3. The Morgan fingerprint density at radius 1 is 1.00 bits per heavy atom. The van der Waals surface area contributed by atoms with Crippen LogP contribution in [-0.2, 0) is 11.4 Å². The van der Waals surface area contributed by atoms with Gasteiger partial charge in [-0.3, -0.25) is 4.79 Å². The van der Waals surface area contributed by atoms with E-state index in [-0.39, 0.29) is 11.3 Å². The molecule has 2 saturated heterocycles. The largest absolute Gasteiger partial charge is 0.493 e. The summed E-state index contributed by atoms with van der Waals surface area (Å²) >= 11 is 1.69. The summed E-state index contributed by atoms with van der Waals surface area (Å²) in [5.41, 5.74) is 2.20. The summed E-state index contributed by atoms with van der Waals surface area (Å²) in [6, 6.07) is 16.1. The molecule has 2 aliphatic rings. The van der Waals surface area contributed by atoms with Gasteiger partial charge in [0.1, 0.15) is 12.0 Å². The van der Waals surface area contributed by atoms with E-state index in [2.05, 4.69) is 22.9 Å². The van der Waals surface area contributed by atoms with Crippen molar-refractivity contribution in [3.63, 3.8) is 0 Å². The highest BCUT2D eigenvalue weighted by atomic mass is 32.2. The molecule has 1 atom stereocenters. The minimum absolute atomic E-state index is 0.0343. The van der Waals surface area contributed by atoms with Crippen LogP contribution in [0.4, 0.5) is 0 Å². The van der Waals surface area contributed by atoms with Gasteiger partial charge in [0.15, 0.2) is 11.5 Å². The lowest BCUT2D eigenvalue weighted by Gasteiger charge is -2.33. The van der Waals surface area contributed by atoms with Crippen molar-refractivity contribution in [2.75, 3.05) is 59.2 Å². The van der Waals surface area contributed by atoms with Crippen LogP contribution in [-0.4, -0.2) is 79.8 Å². The van der Waals surface area contributed by atoms with Crippen molar-refractivity contribution >= 4 is 17.7 Å². The molecule has 0 aromatic heterocycles. The summed E-state index contributed by atoms with van der Waals surface area (Å²) < 4.78 is 11.6. The second kappa shape index (κ2) is 11.1. The summed E-state index contributed by atoms with van der Waals surface area (Å²) in [6.07, 6.45) is 1.00. The van der Waals surface area contributed by atoms with Crippen LogP contribution in [0.2, 0.25) is 0 Å². The Balaban J connectivity index is 1.37. The smallest absolute Gasteiger partial charge is 0.233 e. The van der Waals surface area contributed by atoms with Crippen molar-refractivity contribution in [3.05, 3.63) is 59.7 Å². The van der Waals surface area contributed by atoms with Gasteiger partial charge in [-0.05, 0) is 43.3 Å². The molecule has 0 spiro atoms. The number of carbonyl (C=O) groups excluding carboxylic acids is 1. The van der Waals surface area contributed by atoms with E-state index in [9.17, 15) is 4.79 Å². The van der Waals surface area contributed by atoms with Gasteiger partial charge >= 0.3 is 0 Å². The van der Waals surface area contributed by atoms with Gasteiger partial charge in [-0.1, -0.05) is 36.4 Å². The van der Waals surface area contributed by atoms with Gasteiger partial charge in [-0.2, -0.15) is 0 Å². The number of piperazine rings is 1. The fourth-order valence-electron chi connectivity index (χ4n) is 4.20. The van der Waals surface area contributed by atoms with Crippen molar-refractivity contribution in [2.24, 2.45) is 0 Å². The first-order valence-electron chi connectivity index (χ1n) is 11.3. The lowest BCUT2D eigenvalue weighted by atomic mass is 10.1. The van der Waals surface area contributed by atoms with Crippen LogP contribution in [0, 0.1) is 0 Å². The molecule has 32 heavy (non-hydrogen) atoms. The zero-order valence-electron chi connectivity index (χ0n) is 19.0. The standard InChI is InChI=1S/C25H33N3O3S/c1-26-13-15-27(16-14-26)11-6-12-28-24(29)19-32-25(28)21-9-10-22(23(17-21)30-2)31-18-20-7-4-3-5-8-20/h3-5,7-10,17,25H,6,11-16,18-19H2,1-2H3. The third-order valence-electron chi connectivity index (χ3n) is 6.15. The number of rotatable bonds is 9. The van der Waals surface area contributed by atoms with Crippen molar-refractivity contribution in [3.8, 4) is 11.5 Å². The molecule has 2 aromatic carbocycles. The lowest BCUT2D eigenvalue weighted by molar-refractivity contribution is -0.128. The number of benzene rings is 2. The summed E-state index contributed by atoms with van der Waals surface area (Å²) in [4.78, 5) is 19.5. The number of nitrogens with zero attached hydrogens (tertiary/aromatic N) is 3. The molecule has 4 rings (SSSR count). The number of hydrogen-bond donors (Lipinski definition) is 0. The Morgan fingerprint density at radius 2 is 1.78 bits per heavy atom. The molecule has 2 aliphatic heterocycles. The fraction of sp³-hybridized carbons (Fsp3) is 0.480. The molecule has 0 aliphatic carbocycles. The second-order valence-corrected chi connectivity index (χ2v) is 9.50. The molecule has 2 aromatic rings. The van der Waals surface area contributed by atoms with Gasteiger partial charge in [-0.15, -0.1) is 11.8 Å². The van der Waals surface area contributed by atoms with Gasteiger partial charge in [0.05, 0.1) is 12.9 Å². The predicted octanol–water partition coefficient (Wildman–Crippen LogP) is 3.49. The van der Waals surface area contributed by atoms with Gasteiger partial charge in [0, 0.05) is 32.7 Å². The number of methoxy groups -OCH3 is 1. The summed E-state index contributed by atoms with van der Waals surface area (Å²) in [5.74, 6) is 2.18. The van der Waals surface area contributed by atoms with E-state index >= 15 is 0 Å². The Kier molecular flexibility index (Phi) is 7.95. The van der Waals surface area contributed by atoms with Crippen LogP contribution < -0.4 is 9.47 Å². The van der Waals surface area contributed by atoms with Crippen LogP contribution in [0.25, 0.3) is 0 Å². The molecule has 2 heterocycles. The summed E-state index contributed by atoms with van der Waals surface area (Å²) in [7, 11) is 3.84. The first-order chi connectivity index (χ1) is 15.6. The van der Waals surface area contributed by atoms with Gasteiger partial charge in [-0.25, -0.2) is 0 Å². The third kappa shape index (κ3) is 5.77. The minimum atomic E-state index is 0.0343. The molecule has 2 fully saturated rings. The molecule has 0 bridgehead atoms. The molecule has 172 valence electrons. The highest BCUT2D eigenvalue weighted by Crippen LogP contribution is 2.41. The van der Waals surface area contributed by atoms with Gasteiger partial charge < -0.3 is 24.2 Å². The number of ether oxygens (including phenoxy) is 2. The molecule has 1 amide bonds. The normalized spacial score (nSPS) is 20.0. The average molecular weight is 456 g/mol. The highest BCUT2D eigenvalue weighted by molar-refractivity contribution is 8.00. The van der Waals surface area contributed by atoms with Crippen LogP contribution in [0.5, 0.6) is 11.5 Å². The molecule has 7 heteroatoms. The highest BCUT2D eigenvalue weighted by Gasteiger charge is 2.33. The van der Waals surface area contributed by atoms with E-state index in [1.807, 2.05) is 47.4 Å². The minimum Gasteiger partial charge on any atom is -0.493 e. The number of carbonyl (C=O) groups is 1. The number of amides is 1. The summed E-state index contributed by atoms with van der Waals surface area (Å²) in [6.45, 7) is 6.81. The van der Waals surface area contributed by atoms with E-state index in [0.29, 0.717) is 18.1 Å². The molecule has 6 nitrogen and oxygen atoms in total. The van der Waals surface area contributed by atoms with Crippen LogP contribution in [0.3, 0.4) is 0 Å². The Morgan fingerprint density at radius 3 is 2.53 bits per heavy atom. The maximum absolute atomic E-state index is 12.6. The maximum atomic E-state index is 12.6. The van der Waals surface area contributed by atoms with Crippen molar-refractivity contribution in [1.82, 2.24) is 14.7 Å². The van der Waals surface area contributed by atoms with Crippen molar-refractivity contribution < 1.29 is 14.3 Å². The van der Waals surface area contributed by atoms with Crippen molar-refractivity contribution in [1.29, 1.82) is 0 Å². The van der Waals surface area contributed by atoms with Gasteiger partial charge in [0.25, 0.3) is 0 Å².